The zero-order chi connectivity index (χ0) is 24.4. The average molecular weight is 513 g/mol. The number of nitrogens with zero attached hydrogens (tertiary/aromatic N) is 2. The lowest BCUT2D eigenvalue weighted by Crippen LogP contribution is -2.32. The monoisotopic (exact) mass is 512 g/mol. The van der Waals surface area contributed by atoms with Gasteiger partial charge in [0.15, 0.2) is 29.6 Å². The third-order valence-corrected chi connectivity index (χ3v) is 7.32. The van der Waals surface area contributed by atoms with Gasteiger partial charge in [0, 0.05) is 13.1 Å². The van der Waals surface area contributed by atoms with Crippen molar-refractivity contribution in [3.63, 3.8) is 0 Å². The minimum atomic E-state index is -0.159. The van der Waals surface area contributed by atoms with Crippen LogP contribution in [0, 0.1) is 0 Å². The second-order valence-electron chi connectivity index (χ2n) is 8.24. The van der Waals surface area contributed by atoms with Crippen LogP contribution in [-0.2, 0) is 16.1 Å². The lowest BCUT2D eigenvalue weighted by Gasteiger charge is -2.16. The summed E-state index contributed by atoms with van der Waals surface area (Å²) in [6.07, 6.45) is 3.85. The van der Waals surface area contributed by atoms with Gasteiger partial charge in [0.05, 0.1) is 18.6 Å². The molecule has 2 amide bonds. The predicted octanol–water partition coefficient (Wildman–Crippen LogP) is 3.83. The quantitative estimate of drug-likeness (QED) is 0.409. The third kappa shape index (κ3) is 5.08. The van der Waals surface area contributed by atoms with Gasteiger partial charge in [-0.2, -0.15) is 0 Å². The summed E-state index contributed by atoms with van der Waals surface area (Å²) in [4.78, 5) is 29.3. The van der Waals surface area contributed by atoms with Crippen molar-refractivity contribution in [2.45, 2.75) is 19.4 Å². The fourth-order valence-electron chi connectivity index (χ4n) is 4.10. The van der Waals surface area contributed by atoms with Gasteiger partial charge < -0.3 is 23.8 Å². The average Bonchev–Trinajstić information content (AvgIpc) is 3.61. The van der Waals surface area contributed by atoms with Gasteiger partial charge in [-0.25, -0.2) is 0 Å². The Kier molecular flexibility index (Phi) is 6.83. The highest BCUT2D eigenvalue weighted by molar-refractivity contribution is 8.26. The van der Waals surface area contributed by atoms with Crippen LogP contribution >= 0.6 is 24.0 Å². The number of hydrogen-bond donors (Lipinski definition) is 0. The zero-order valence-corrected chi connectivity index (χ0v) is 20.8. The molecule has 0 saturated carbocycles. The largest absolute Gasteiger partial charge is 0.493 e. The van der Waals surface area contributed by atoms with Crippen LogP contribution in [0.15, 0.2) is 41.3 Å². The summed E-state index contributed by atoms with van der Waals surface area (Å²) < 4.78 is 22.5. The summed E-state index contributed by atoms with van der Waals surface area (Å²) in [5, 5.41) is 0. The van der Waals surface area contributed by atoms with E-state index in [9.17, 15) is 9.59 Å². The Bertz CT molecular complexity index is 1210. The maximum absolute atomic E-state index is 13.1. The van der Waals surface area contributed by atoms with Gasteiger partial charge in [-0.3, -0.25) is 14.5 Å². The van der Waals surface area contributed by atoms with Gasteiger partial charge in [-0.15, -0.1) is 0 Å². The highest BCUT2D eigenvalue weighted by atomic mass is 32.2. The number of benzene rings is 2. The molecular weight excluding hydrogens is 488 g/mol. The van der Waals surface area contributed by atoms with E-state index >= 15 is 0 Å². The lowest BCUT2D eigenvalue weighted by molar-refractivity contribution is -0.132. The Morgan fingerprint density at radius 3 is 2.71 bits per heavy atom. The van der Waals surface area contributed by atoms with Crippen molar-refractivity contribution < 1.29 is 28.5 Å². The standard InChI is InChI=1S/C25H24N2O6S2/c1-30-20-10-16(4-6-18(20)31-14-23(28)26-8-2-3-9-26)12-22-24(29)27(25(34)35-22)13-17-5-7-19-21(11-17)33-15-32-19/h4-7,10-12H,2-3,8-9,13-15H2,1H3/b22-12-. The molecular formula is C25H24N2O6S2. The third-order valence-electron chi connectivity index (χ3n) is 5.95. The number of ether oxygens (including phenoxy) is 4. The molecule has 2 aromatic rings. The Morgan fingerprint density at radius 1 is 1.11 bits per heavy atom. The van der Waals surface area contributed by atoms with E-state index in [2.05, 4.69) is 0 Å². The Balaban J connectivity index is 1.26. The van der Waals surface area contributed by atoms with Crippen LogP contribution in [-0.4, -0.2) is 59.5 Å². The molecule has 0 aliphatic carbocycles. The Labute approximate surface area is 212 Å². The maximum Gasteiger partial charge on any atom is 0.266 e. The molecule has 0 radical (unpaired) electrons. The van der Waals surface area contributed by atoms with E-state index in [1.54, 1.807) is 30.2 Å². The molecule has 8 nitrogen and oxygen atoms in total. The molecule has 3 aliphatic rings. The molecule has 0 atom stereocenters. The van der Waals surface area contributed by atoms with Crippen LogP contribution in [0.1, 0.15) is 24.0 Å². The number of hydrogen-bond acceptors (Lipinski definition) is 8. The smallest absolute Gasteiger partial charge is 0.266 e. The van der Waals surface area contributed by atoms with Gasteiger partial charge in [-0.05, 0) is 54.3 Å². The number of thioether (sulfide) groups is 1. The summed E-state index contributed by atoms with van der Waals surface area (Å²) in [6.45, 7) is 2.08. The van der Waals surface area contributed by atoms with E-state index in [1.807, 2.05) is 29.2 Å². The molecule has 2 saturated heterocycles. The molecule has 0 spiro atoms. The highest BCUT2D eigenvalue weighted by Gasteiger charge is 2.32. The minimum absolute atomic E-state index is 0.0280. The molecule has 3 aliphatic heterocycles. The molecule has 10 heteroatoms. The summed E-state index contributed by atoms with van der Waals surface area (Å²) in [5.74, 6) is 2.14. The predicted molar refractivity (Wildman–Crippen MR) is 136 cm³/mol. The van der Waals surface area contributed by atoms with E-state index in [4.69, 9.17) is 31.2 Å². The highest BCUT2D eigenvalue weighted by Crippen LogP contribution is 2.37. The maximum atomic E-state index is 13.1. The minimum Gasteiger partial charge on any atom is -0.493 e. The normalized spacial score (nSPS) is 18.0. The number of carbonyl (C=O) groups excluding carboxylic acids is 2. The molecule has 35 heavy (non-hydrogen) atoms. The second-order valence-corrected chi connectivity index (χ2v) is 9.92. The fraction of sp³-hybridized carbons (Fsp3) is 0.320. The first-order valence-electron chi connectivity index (χ1n) is 11.2. The van der Waals surface area contributed by atoms with Crippen LogP contribution < -0.4 is 18.9 Å². The number of amides is 2. The molecule has 182 valence electrons. The van der Waals surface area contributed by atoms with E-state index in [0.717, 1.165) is 37.1 Å². The van der Waals surface area contributed by atoms with Crippen LogP contribution in [0.2, 0.25) is 0 Å². The molecule has 2 fully saturated rings. The number of carbonyl (C=O) groups is 2. The molecule has 0 bridgehead atoms. The summed E-state index contributed by atoms with van der Waals surface area (Å²) in [5.41, 5.74) is 1.67. The van der Waals surface area contributed by atoms with Gasteiger partial charge in [0.2, 0.25) is 6.79 Å². The van der Waals surface area contributed by atoms with Crippen LogP contribution in [0.3, 0.4) is 0 Å². The lowest BCUT2D eigenvalue weighted by atomic mass is 10.1. The van der Waals surface area contributed by atoms with Crippen LogP contribution in [0.5, 0.6) is 23.0 Å². The van der Waals surface area contributed by atoms with Gasteiger partial charge in [0.1, 0.15) is 4.32 Å². The molecule has 0 unspecified atom stereocenters. The van der Waals surface area contributed by atoms with Crippen molar-refractivity contribution in [2.24, 2.45) is 0 Å². The molecule has 0 aromatic heterocycles. The fourth-order valence-corrected chi connectivity index (χ4v) is 5.36. The van der Waals surface area contributed by atoms with Gasteiger partial charge >= 0.3 is 0 Å². The number of rotatable bonds is 7. The second kappa shape index (κ2) is 10.2. The van der Waals surface area contributed by atoms with Crippen molar-refractivity contribution in [2.75, 3.05) is 33.6 Å². The number of fused-ring (bicyclic) bond motifs is 1. The zero-order valence-electron chi connectivity index (χ0n) is 19.2. The molecule has 3 heterocycles. The van der Waals surface area contributed by atoms with E-state index in [0.29, 0.717) is 38.8 Å². The number of thiocarbonyl (C=S) groups is 1. The van der Waals surface area contributed by atoms with E-state index in [-0.39, 0.29) is 25.2 Å². The summed E-state index contributed by atoms with van der Waals surface area (Å²) in [6, 6.07) is 10.9. The SMILES string of the molecule is COc1cc(/C=C2\SC(=S)N(Cc3ccc4c(c3)OCO4)C2=O)ccc1OCC(=O)N1CCCC1. The topological polar surface area (TPSA) is 77.5 Å². The first-order chi connectivity index (χ1) is 17.0. The molecule has 2 aromatic carbocycles. The van der Waals surface area contributed by atoms with E-state index < -0.39 is 0 Å². The van der Waals surface area contributed by atoms with Crippen molar-refractivity contribution in [3.8, 4) is 23.0 Å². The van der Waals surface area contributed by atoms with Crippen molar-refractivity contribution in [1.29, 1.82) is 0 Å². The first kappa shape index (κ1) is 23.5. The molecule has 5 rings (SSSR count). The van der Waals surface area contributed by atoms with Crippen LogP contribution in [0.25, 0.3) is 6.08 Å². The number of methoxy groups -OCH3 is 1. The van der Waals surface area contributed by atoms with Crippen molar-refractivity contribution in [3.05, 3.63) is 52.4 Å². The number of likely N-dealkylation sites (tertiary alicyclic amines) is 1. The van der Waals surface area contributed by atoms with Crippen molar-refractivity contribution in [1.82, 2.24) is 9.80 Å². The molecule has 0 N–H and O–H groups in total. The first-order valence-corrected chi connectivity index (χ1v) is 12.5. The Morgan fingerprint density at radius 2 is 1.91 bits per heavy atom. The van der Waals surface area contributed by atoms with Gasteiger partial charge in [-0.1, -0.05) is 36.1 Å². The van der Waals surface area contributed by atoms with Gasteiger partial charge in [0.25, 0.3) is 11.8 Å². The van der Waals surface area contributed by atoms with E-state index in [1.165, 1.54) is 11.8 Å². The summed E-state index contributed by atoms with van der Waals surface area (Å²) >= 11 is 6.73. The van der Waals surface area contributed by atoms with Crippen molar-refractivity contribution >= 4 is 46.2 Å². The van der Waals surface area contributed by atoms with Crippen LogP contribution in [0.4, 0.5) is 0 Å². The Hall–Kier alpha value is -3.24. The summed E-state index contributed by atoms with van der Waals surface area (Å²) in [7, 11) is 1.54.